The molecule has 1 heterocycles. The average molecular weight is 397 g/mol. The number of anilines is 1. The van der Waals surface area contributed by atoms with E-state index in [-0.39, 0.29) is 45.7 Å². The molecule has 4 N–H and O–H groups in total. The predicted molar refractivity (Wildman–Crippen MR) is 96.4 cm³/mol. The molecule has 10 heteroatoms. The summed E-state index contributed by atoms with van der Waals surface area (Å²) in [5, 5.41) is 11.4. The van der Waals surface area contributed by atoms with E-state index in [1.165, 1.54) is 30.3 Å². The highest BCUT2D eigenvalue weighted by Crippen LogP contribution is 2.43. The summed E-state index contributed by atoms with van der Waals surface area (Å²) >= 11 is 6.13. The molecular weight excluding hydrogens is 385 g/mol. The minimum absolute atomic E-state index is 0.0450. The van der Waals surface area contributed by atoms with Gasteiger partial charge in [0.25, 0.3) is 0 Å². The third-order valence-corrected chi connectivity index (χ3v) is 4.01. The van der Waals surface area contributed by atoms with Crippen molar-refractivity contribution in [3.63, 3.8) is 0 Å². The summed E-state index contributed by atoms with van der Waals surface area (Å²) in [6.45, 7) is 0.163. The van der Waals surface area contributed by atoms with Crippen molar-refractivity contribution in [2.24, 2.45) is 15.7 Å². The molecule has 0 radical (unpaired) electrons. The monoisotopic (exact) mass is 396 g/mol. The molecule has 140 valence electrons. The van der Waals surface area contributed by atoms with Crippen molar-refractivity contribution in [2.45, 2.75) is 6.18 Å². The van der Waals surface area contributed by atoms with Crippen molar-refractivity contribution in [3.8, 4) is 11.1 Å². The van der Waals surface area contributed by atoms with Crippen LogP contribution in [-0.2, 0) is 6.18 Å². The Bertz CT molecular complexity index is 969. The van der Waals surface area contributed by atoms with Crippen LogP contribution in [-0.4, -0.2) is 29.4 Å². The fraction of sp³-hybridized carbons (Fsp3) is 0.118. The summed E-state index contributed by atoms with van der Waals surface area (Å²) < 4.78 is 40.9. The number of amidine groups is 1. The molecule has 0 aromatic heterocycles. The Kier molecular flexibility index (Phi) is 4.79. The van der Waals surface area contributed by atoms with Gasteiger partial charge < -0.3 is 16.2 Å². The molecule has 0 fully saturated rings. The van der Waals surface area contributed by atoms with E-state index in [1.807, 2.05) is 0 Å². The molecule has 2 aromatic carbocycles. The van der Waals surface area contributed by atoms with E-state index in [2.05, 4.69) is 15.3 Å². The van der Waals surface area contributed by atoms with E-state index in [4.69, 9.17) is 22.4 Å². The summed E-state index contributed by atoms with van der Waals surface area (Å²) in [5.74, 6) is -0.842. The summed E-state index contributed by atoms with van der Waals surface area (Å²) in [6, 6.07) is 7.18. The zero-order chi connectivity index (χ0) is 19.8. The van der Waals surface area contributed by atoms with Gasteiger partial charge in [-0.3, -0.25) is 0 Å². The lowest BCUT2D eigenvalue weighted by Gasteiger charge is -2.17. The molecule has 0 atom stereocenters. The van der Waals surface area contributed by atoms with Crippen LogP contribution in [0, 0.1) is 0 Å². The fourth-order valence-electron chi connectivity index (χ4n) is 2.53. The van der Waals surface area contributed by atoms with Crippen molar-refractivity contribution < 1.29 is 23.1 Å². The minimum atomic E-state index is -4.69. The van der Waals surface area contributed by atoms with Gasteiger partial charge >= 0.3 is 12.1 Å². The Balaban J connectivity index is 2.07. The van der Waals surface area contributed by atoms with Gasteiger partial charge in [0, 0.05) is 11.3 Å². The summed E-state index contributed by atoms with van der Waals surface area (Å²) in [6.07, 6.45) is -4.69. The number of halogens is 4. The van der Waals surface area contributed by atoms with Gasteiger partial charge in [0.15, 0.2) is 0 Å². The van der Waals surface area contributed by atoms with Gasteiger partial charge in [-0.2, -0.15) is 18.2 Å². The van der Waals surface area contributed by atoms with E-state index < -0.39 is 17.7 Å². The van der Waals surface area contributed by atoms with Crippen molar-refractivity contribution in [3.05, 3.63) is 52.5 Å². The molecule has 0 saturated heterocycles. The Labute approximate surface area is 156 Å². The van der Waals surface area contributed by atoms with E-state index in [0.717, 1.165) is 6.07 Å². The molecule has 27 heavy (non-hydrogen) atoms. The largest absolute Gasteiger partial charge is 0.478 e. The molecular formula is C17H12ClF3N4O2. The number of carbonyl (C=O) groups is 1. The van der Waals surface area contributed by atoms with Crippen LogP contribution in [0.15, 0.2) is 46.4 Å². The van der Waals surface area contributed by atoms with Gasteiger partial charge in [0.1, 0.15) is 12.4 Å². The minimum Gasteiger partial charge on any atom is -0.478 e. The first-order valence-electron chi connectivity index (χ1n) is 7.54. The number of carboxylic acid groups (broad SMARTS) is 1. The average Bonchev–Trinajstić information content (AvgIpc) is 2.98. The summed E-state index contributed by atoms with van der Waals surface area (Å²) in [4.78, 5) is 18.7. The normalized spacial score (nSPS) is 13.9. The lowest BCUT2D eigenvalue weighted by Crippen LogP contribution is -2.13. The van der Waals surface area contributed by atoms with Crippen LogP contribution in [0.2, 0.25) is 5.02 Å². The third-order valence-electron chi connectivity index (χ3n) is 3.71. The number of benzene rings is 2. The molecule has 0 saturated carbocycles. The summed E-state index contributed by atoms with van der Waals surface area (Å²) in [5.41, 5.74) is 4.42. The summed E-state index contributed by atoms with van der Waals surface area (Å²) in [7, 11) is 0. The van der Waals surface area contributed by atoms with Crippen LogP contribution >= 0.6 is 11.6 Å². The van der Waals surface area contributed by atoms with E-state index >= 15 is 0 Å². The molecule has 1 aliphatic heterocycles. The number of hydrogen-bond donors (Lipinski definition) is 3. The van der Waals surface area contributed by atoms with Crippen LogP contribution in [0.4, 0.5) is 18.9 Å². The maximum Gasteiger partial charge on any atom is 0.417 e. The SMILES string of the molecule is NC1=NC(Nc2cc(Cl)c(-c3ccc(C(=O)O)cc3)c(C(F)(F)F)c2)=NC1. The number of alkyl halides is 3. The van der Waals surface area contributed by atoms with Gasteiger partial charge in [0.05, 0.1) is 16.1 Å². The molecule has 2 aromatic rings. The molecule has 3 rings (SSSR count). The highest BCUT2D eigenvalue weighted by atomic mass is 35.5. The third kappa shape index (κ3) is 4.03. The van der Waals surface area contributed by atoms with Gasteiger partial charge in [0.2, 0.25) is 5.96 Å². The molecule has 0 aliphatic carbocycles. The number of aromatic carboxylic acids is 1. The second kappa shape index (κ2) is 6.92. The van der Waals surface area contributed by atoms with Gasteiger partial charge in [-0.05, 0) is 29.8 Å². The molecule has 6 nitrogen and oxygen atoms in total. The number of carboxylic acids is 1. The van der Waals surface area contributed by atoms with Crippen molar-refractivity contribution in [2.75, 3.05) is 11.9 Å². The predicted octanol–water partition coefficient (Wildman–Crippen LogP) is 3.86. The Morgan fingerprint density at radius 2 is 1.89 bits per heavy atom. The first-order valence-corrected chi connectivity index (χ1v) is 7.92. The van der Waals surface area contributed by atoms with Crippen molar-refractivity contribution >= 4 is 35.1 Å². The lowest BCUT2D eigenvalue weighted by atomic mass is 9.97. The maximum atomic E-state index is 13.6. The molecule has 0 spiro atoms. The number of nitrogens with one attached hydrogen (secondary N) is 1. The topological polar surface area (TPSA) is 100 Å². The fourth-order valence-corrected chi connectivity index (χ4v) is 2.86. The Morgan fingerprint density at radius 3 is 2.41 bits per heavy atom. The number of hydrogen-bond acceptors (Lipinski definition) is 5. The number of nitrogens with zero attached hydrogens (tertiary/aromatic N) is 2. The van der Waals surface area contributed by atoms with Gasteiger partial charge in [-0.15, -0.1) is 0 Å². The van der Waals surface area contributed by atoms with Crippen LogP contribution in [0.3, 0.4) is 0 Å². The molecule has 0 amide bonds. The van der Waals surface area contributed by atoms with Crippen molar-refractivity contribution in [1.82, 2.24) is 0 Å². The standard InChI is InChI=1S/C17H12ClF3N4O2/c18-12-6-10(24-16-23-7-13(22)25-16)5-11(17(19,20)21)14(12)8-1-3-9(4-2-8)15(26)27/h1-6H,7H2,(H,26,27)(H3,22,23,24,25). The number of nitrogens with two attached hydrogens (primary N) is 1. The highest BCUT2D eigenvalue weighted by Gasteiger charge is 2.35. The second-order valence-corrected chi connectivity index (χ2v) is 6.04. The second-order valence-electron chi connectivity index (χ2n) is 5.63. The van der Waals surface area contributed by atoms with Crippen LogP contribution in [0.1, 0.15) is 15.9 Å². The van der Waals surface area contributed by atoms with E-state index in [9.17, 15) is 18.0 Å². The van der Waals surface area contributed by atoms with Crippen LogP contribution in [0.5, 0.6) is 0 Å². The molecule has 0 unspecified atom stereocenters. The Morgan fingerprint density at radius 1 is 1.22 bits per heavy atom. The Hall–Kier alpha value is -3.07. The van der Waals surface area contributed by atoms with E-state index in [0.29, 0.717) is 0 Å². The smallest absolute Gasteiger partial charge is 0.417 e. The zero-order valence-electron chi connectivity index (χ0n) is 13.5. The first-order chi connectivity index (χ1) is 12.6. The van der Waals surface area contributed by atoms with Gasteiger partial charge in [-0.25, -0.2) is 9.79 Å². The lowest BCUT2D eigenvalue weighted by molar-refractivity contribution is -0.137. The highest BCUT2D eigenvalue weighted by molar-refractivity contribution is 6.34. The van der Waals surface area contributed by atoms with Crippen LogP contribution in [0.25, 0.3) is 11.1 Å². The zero-order valence-corrected chi connectivity index (χ0v) is 14.3. The molecule has 1 aliphatic rings. The first kappa shape index (κ1) is 18.7. The maximum absolute atomic E-state index is 13.6. The van der Waals surface area contributed by atoms with Crippen LogP contribution < -0.4 is 11.1 Å². The molecule has 0 bridgehead atoms. The number of rotatable bonds is 3. The number of guanidine groups is 1. The number of aliphatic imine (C=N–C) groups is 2. The van der Waals surface area contributed by atoms with Gasteiger partial charge in [-0.1, -0.05) is 23.7 Å². The van der Waals surface area contributed by atoms with E-state index in [1.54, 1.807) is 0 Å². The van der Waals surface area contributed by atoms with Crippen molar-refractivity contribution in [1.29, 1.82) is 0 Å². The quantitative estimate of drug-likeness (QED) is 0.733.